The van der Waals surface area contributed by atoms with Crippen LogP contribution in [0.3, 0.4) is 0 Å². The van der Waals surface area contributed by atoms with Crippen LogP contribution in [0, 0.1) is 17.2 Å². The summed E-state index contributed by atoms with van der Waals surface area (Å²) in [5.41, 5.74) is 6.01. The fraction of sp³-hybridized carbons (Fsp3) is 0.250. The zero-order chi connectivity index (χ0) is 20.0. The molecule has 5 nitrogen and oxygen atoms in total. The number of aromatic nitrogens is 1. The van der Waals surface area contributed by atoms with Crippen LogP contribution in [-0.2, 0) is 11.2 Å². The van der Waals surface area contributed by atoms with E-state index >= 15 is 0 Å². The van der Waals surface area contributed by atoms with E-state index in [1.165, 1.54) is 27.6 Å². The lowest BCUT2D eigenvalue weighted by molar-refractivity contribution is 0.0436. The number of hydrogen-bond acceptors (Lipinski definition) is 4. The number of carbonyl (C=O) groups excluding carboxylic acids is 1. The van der Waals surface area contributed by atoms with Crippen molar-refractivity contribution in [3.63, 3.8) is 0 Å². The molecule has 1 aliphatic heterocycles. The molecule has 5 heteroatoms. The third kappa shape index (κ3) is 3.02. The van der Waals surface area contributed by atoms with Crippen LogP contribution in [0.25, 0.3) is 16.5 Å². The monoisotopic (exact) mass is 383 g/mol. The van der Waals surface area contributed by atoms with Gasteiger partial charge in [-0.1, -0.05) is 24.3 Å². The number of likely N-dealkylation sites (N-methyl/N-ethyl adjacent to an activating group) is 1. The van der Waals surface area contributed by atoms with Gasteiger partial charge in [0, 0.05) is 35.6 Å². The Kier molecular flexibility index (Phi) is 4.22. The smallest absolute Gasteiger partial charge is 0.338 e. The highest BCUT2D eigenvalue weighted by molar-refractivity contribution is 5.98. The number of carbonyl (C=O) groups is 1. The van der Waals surface area contributed by atoms with Crippen LogP contribution in [0.1, 0.15) is 27.0 Å². The number of benzene rings is 2. The molecule has 2 aromatic carbocycles. The second-order valence-electron chi connectivity index (χ2n) is 7.87. The molecule has 29 heavy (non-hydrogen) atoms. The van der Waals surface area contributed by atoms with Crippen molar-refractivity contribution in [1.29, 1.82) is 5.26 Å². The van der Waals surface area contributed by atoms with Gasteiger partial charge < -0.3 is 9.72 Å². The molecule has 2 heterocycles. The average Bonchev–Trinajstić information content (AvgIpc) is 3.17. The fourth-order valence-electron chi connectivity index (χ4n) is 4.64. The molecule has 0 unspecified atom stereocenters. The van der Waals surface area contributed by atoms with Gasteiger partial charge in [0.25, 0.3) is 0 Å². The van der Waals surface area contributed by atoms with E-state index in [2.05, 4.69) is 53.5 Å². The number of hydrogen-bond donors (Lipinski definition) is 1. The number of esters is 1. The number of H-pyrrole nitrogens is 1. The van der Waals surface area contributed by atoms with Crippen molar-refractivity contribution in [2.45, 2.75) is 12.5 Å². The Hall–Kier alpha value is -3.36. The van der Waals surface area contributed by atoms with E-state index in [1.54, 1.807) is 24.3 Å². The summed E-state index contributed by atoms with van der Waals surface area (Å²) in [6.07, 6.45) is 5.41. The molecule has 0 amide bonds. The van der Waals surface area contributed by atoms with Gasteiger partial charge in [-0.05, 0) is 54.4 Å². The molecule has 0 fully saturated rings. The number of fused-ring (bicyclic) bond motifs is 2. The molecular weight excluding hydrogens is 362 g/mol. The van der Waals surface area contributed by atoms with Crippen molar-refractivity contribution in [2.24, 2.45) is 5.92 Å². The second kappa shape index (κ2) is 6.91. The lowest BCUT2D eigenvalue weighted by Crippen LogP contribution is -2.43. The Morgan fingerprint density at radius 2 is 2.17 bits per heavy atom. The summed E-state index contributed by atoms with van der Waals surface area (Å²) in [6.45, 7) is 1.17. The first-order valence-electron chi connectivity index (χ1n) is 9.82. The lowest BCUT2D eigenvalue weighted by atomic mass is 9.80. The molecule has 5 rings (SSSR count). The van der Waals surface area contributed by atoms with Gasteiger partial charge in [-0.25, -0.2) is 4.79 Å². The fourth-order valence-corrected chi connectivity index (χ4v) is 4.64. The Labute approximate surface area is 169 Å². The largest absolute Gasteiger partial charge is 0.461 e. The summed E-state index contributed by atoms with van der Waals surface area (Å²) in [5, 5.41) is 10.3. The van der Waals surface area contributed by atoms with E-state index in [-0.39, 0.29) is 11.9 Å². The van der Waals surface area contributed by atoms with Crippen LogP contribution >= 0.6 is 0 Å². The van der Waals surface area contributed by atoms with Crippen LogP contribution in [0.5, 0.6) is 0 Å². The number of nitrogens with zero attached hydrogens (tertiary/aromatic N) is 2. The van der Waals surface area contributed by atoms with Crippen molar-refractivity contribution < 1.29 is 9.53 Å². The van der Waals surface area contributed by atoms with Crippen LogP contribution in [0.2, 0.25) is 0 Å². The van der Waals surface area contributed by atoms with E-state index in [0.29, 0.717) is 23.8 Å². The van der Waals surface area contributed by atoms with Crippen molar-refractivity contribution >= 4 is 22.4 Å². The highest BCUT2D eigenvalue weighted by Gasteiger charge is 2.33. The first-order chi connectivity index (χ1) is 14.1. The van der Waals surface area contributed by atoms with Crippen LogP contribution < -0.4 is 0 Å². The molecule has 0 saturated heterocycles. The van der Waals surface area contributed by atoms with Gasteiger partial charge in [0.15, 0.2) is 0 Å². The molecule has 3 aromatic rings. The minimum absolute atomic E-state index is 0.130. The van der Waals surface area contributed by atoms with Gasteiger partial charge in [0.2, 0.25) is 0 Å². The van der Waals surface area contributed by atoms with E-state index < -0.39 is 0 Å². The molecule has 0 saturated carbocycles. The van der Waals surface area contributed by atoms with Gasteiger partial charge in [-0.2, -0.15) is 5.26 Å². The maximum Gasteiger partial charge on any atom is 0.338 e. The zero-order valence-corrected chi connectivity index (χ0v) is 16.2. The highest BCUT2D eigenvalue weighted by Crippen LogP contribution is 2.40. The lowest BCUT2D eigenvalue weighted by Gasteiger charge is -2.39. The third-order valence-corrected chi connectivity index (χ3v) is 6.00. The van der Waals surface area contributed by atoms with Crippen molar-refractivity contribution in [1.82, 2.24) is 9.88 Å². The second-order valence-corrected chi connectivity index (χ2v) is 7.87. The number of rotatable bonds is 3. The maximum absolute atomic E-state index is 12.4. The quantitative estimate of drug-likeness (QED) is 0.699. The predicted octanol–water partition coefficient (Wildman–Crippen LogP) is 3.77. The minimum atomic E-state index is -0.385. The molecule has 1 aromatic heterocycles. The molecule has 0 bridgehead atoms. The van der Waals surface area contributed by atoms with Crippen LogP contribution in [-0.4, -0.2) is 42.1 Å². The van der Waals surface area contributed by atoms with Gasteiger partial charge in [-0.15, -0.1) is 0 Å². The van der Waals surface area contributed by atoms with Crippen molar-refractivity contribution in [3.8, 4) is 6.07 Å². The zero-order valence-electron chi connectivity index (χ0n) is 16.2. The van der Waals surface area contributed by atoms with Crippen molar-refractivity contribution in [3.05, 3.63) is 77.0 Å². The number of aromatic amines is 1. The Morgan fingerprint density at radius 3 is 3.03 bits per heavy atom. The summed E-state index contributed by atoms with van der Waals surface area (Å²) < 4.78 is 5.60. The van der Waals surface area contributed by atoms with E-state index in [9.17, 15) is 4.79 Å². The topological polar surface area (TPSA) is 69.1 Å². The highest BCUT2D eigenvalue weighted by atomic mass is 16.5. The summed E-state index contributed by atoms with van der Waals surface area (Å²) >= 11 is 0. The molecular formula is C24H21N3O2. The minimum Gasteiger partial charge on any atom is -0.461 e. The van der Waals surface area contributed by atoms with E-state index in [4.69, 9.17) is 10.00 Å². The van der Waals surface area contributed by atoms with Gasteiger partial charge >= 0.3 is 5.97 Å². The molecule has 144 valence electrons. The summed E-state index contributed by atoms with van der Waals surface area (Å²) in [6, 6.07) is 15.4. The van der Waals surface area contributed by atoms with Gasteiger partial charge in [-0.3, -0.25) is 4.90 Å². The van der Waals surface area contributed by atoms with Crippen LogP contribution in [0.15, 0.2) is 54.7 Å². The average molecular weight is 383 g/mol. The molecule has 1 aliphatic carbocycles. The van der Waals surface area contributed by atoms with Gasteiger partial charge in [0.1, 0.15) is 0 Å². The summed E-state index contributed by atoms with van der Waals surface area (Å²) in [5.74, 6) is -0.256. The summed E-state index contributed by atoms with van der Waals surface area (Å²) in [4.78, 5) is 18.2. The first-order valence-corrected chi connectivity index (χ1v) is 9.82. The molecule has 1 N–H and O–H groups in total. The standard InChI is InChI=1S/C24H21N3O2/c1-27-13-16(14-29-24(28)17-5-2-4-15(8-17)11-25)9-20-19-6-3-7-21-23(19)18(12-26-21)10-22(20)27/h2-9,12,16,22,26H,10,13-14H2,1H3/t16-,22-/m1/s1. The summed E-state index contributed by atoms with van der Waals surface area (Å²) in [7, 11) is 2.14. The van der Waals surface area contributed by atoms with Gasteiger partial charge in [0.05, 0.1) is 23.8 Å². The Balaban J connectivity index is 1.39. The molecule has 2 aliphatic rings. The SMILES string of the molecule is CN1C[C@H](COC(=O)c2cccc(C#N)c2)C=C2c3cccc4[nH]cc(c34)C[C@H]21. The number of nitrogens with one attached hydrogen (secondary N) is 1. The number of nitriles is 1. The predicted molar refractivity (Wildman–Crippen MR) is 111 cm³/mol. The molecule has 0 spiro atoms. The van der Waals surface area contributed by atoms with E-state index in [0.717, 1.165) is 13.0 Å². The molecule has 2 atom stereocenters. The molecule has 0 radical (unpaired) electrons. The van der Waals surface area contributed by atoms with Crippen molar-refractivity contribution in [2.75, 3.05) is 20.2 Å². The third-order valence-electron chi connectivity index (χ3n) is 6.00. The van der Waals surface area contributed by atoms with E-state index in [1.807, 2.05) is 0 Å². The normalized spacial score (nSPS) is 20.6. The number of ether oxygens (including phenoxy) is 1. The van der Waals surface area contributed by atoms with Crippen LogP contribution in [0.4, 0.5) is 0 Å². The first kappa shape index (κ1) is 17.7. The Morgan fingerprint density at radius 1 is 1.31 bits per heavy atom. The maximum atomic E-state index is 12.4. The Bertz CT molecular complexity index is 1180.